The largest absolute Gasteiger partial charge is 0.496 e. The van der Waals surface area contributed by atoms with Crippen molar-refractivity contribution in [3.63, 3.8) is 0 Å². The summed E-state index contributed by atoms with van der Waals surface area (Å²) in [6.07, 6.45) is 0. The van der Waals surface area contributed by atoms with E-state index in [0.717, 1.165) is 11.8 Å². The van der Waals surface area contributed by atoms with E-state index in [1.807, 2.05) is 0 Å². The molecule has 10 heteroatoms. The second-order valence-electron chi connectivity index (χ2n) is 5.33. The molecule has 0 fully saturated rings. The molecule has 0 saturated heterocycles. The van der Waals surface area contributed by atoms with Gasteiger partial charge in [-0.3, -0.25) is 20.0 Å². The van der Waals surface area contributed by atoms with Gasteiger partial charge in [-0.15, -0.1) is 5.10 Å². The highest BCUT2D eigenvalue weighted by Crippen LogP contribution is 2.31. The standard InChI is InChI=1S/C17H13ClN4O4S/c1-26-15-6-5-11(18)8-13(15)16-19-17(21-20-16)27-9-14(23)10-3-2-4-12(7-10)22(24)25/h2-8H,9H2,1H3,(H,19,20,21). The van der Waals surface area contributed by atoms with E-state index in [4.69, 9.17) is 16.3 Å². The number of nitro benzene ring substituents is 1. The summed E-state index contributed by atoms with van der Waals surface area (Å²) in [6, 6.07) is 10.7. The van der Waals surface area contributed by atoms with Gasteiger partial charge < -0.3 is 4.74 Å². The SMILES string of the molecule is COc1ccc(Cl)cc1-c1nc(SCC(=O)c2cccc([N+](=O)[O-])c2)n[nH]1. The number of Topliss-reactive ketones (excluding diaryl/α,β-unsaturated/α-hetero) is 1. The van der Waals surface area contributed by atoms with Crippen molar-refractivity contribution >= 4 is 34.8 Å². The normalized spacial score (nSPS) is 10.6. The van der Waals surface area contributed by atoms with Crippen LogP contribution in [0.15, 0.2) is 47.6 Å². The molecule has 1 N–H and O–H groups in total. The predicted octanol–water partition coefficient (Wildman–Crippen LogP) is 4.02. The summed E-state index contributed by atoms with van der Waals surface area (Å²) in [7, 11) is 1.54. The van der Waals surface area contributed by atoms with Gasteiger partial charge in [-0.25, -0.2) is 4.98 Å². The molecular formula is C17H13ClN4O4S. The van der Waals surface area contributed by atoms with Crippen molar-refractivity contribution in [2.75, 3.05) is 12.9 Å². The number of benzene rings is 2. The Balaban J connectivity index is 1.72. The highest BCUT2D eigenvalue weighted by Gasteiger charge is 2.15. The van der Waals surface area contributed by atoms with E-state index < -0.39 is 4.92 Å². The van der Waals surface area contributed by atoms with Crippen molar-refractivity contribution in [3.8, 4) is 17.1 Å². The molecule has 0 aliphatic carbocycles. The van der Waals surface area contributed by atoms with Crippen molar-refractivity contribution in [1.82, 2.24) is 15.2 Å². The number of methoxy groups -OCH3 is 1. The van der Waals surface area contributed by atoms with Crippen LogP contribution in [0.3, 0.4) is 0 Å². The molecule has 0 aliphatic rings. The molecular weight excluding hydrogens is 392 g/mol. The maximum atomic E-state index is 12.3. The molecule has 0 spiro atoms. The summed E-state index contributed by atoms with van der Waals surface area (Å²) in [5.41, 5.74) is 0.789. The Morgan fingerprint density at radius 1 is 1.33 bits per heavy atom. The van der Waals surface area contributed by atoms with E-state index >= 15 is 0 Å². The molecule has 0 atom stereocenters. The Kier molecular flexibility index (Phi) is 5.72. The molecule has 0 unspecified atom stereocenters. The number of aromatic nitrogens is 3. The molecule has 3 rings (SSSR count). The first-order valence-electron chi connectivity index (χ1n) is 7.64. The van der Waals surface area contributed by atoms with Gasteiger partial charge in [0.05, 0.1) is 23.3 Å². The molecule has 0 radical (unpaired) electrons. The number of halogens is 1. The number of nitrogens with zero attached hydrogens (tertiary/aromatic N) is 3. The van der Waals surface area contributed by atoms with Crippen molar-refractivity contribution in [2.45, 2.75) is 5.16 Å². The molecule has 0 saturated carbocycles. The highest BCUT2D eigenvalue weighted by molar-refractivity contribution is 7.99. The van der Waals surface area contributed by atoms with E-state index in [9.17, 15) is 14.9 Å². The first kappa shape index (κ1) is 18.9. The average molecular weight is 405 g/mol. The van der Waals surface area contributed by atoms with E-state index in [-0.39, 0.29) is 22.8 Å². The molecule has 1 heterocycles. The summed E-state index contributed by atoms with van der Waals surface area (Å²) in [5, 5.41) is 18.6. The minimum Gasteiger partial charge on any atom is -0.496 e. The van der Waals surface area contributed by atoms with Crippen LogP contribution < -0.4 is 4.74 Å². The first-order chi connectivity index (χ1) is 13.0. The predicted molar refractivity (Wildman–Crippen MR) is 102 cm³/mol. The number of nitro groups is 1. The number of ether oxygens (including phenoxy) is 1. The van der Waals surface area contributed by atoms with Crippen molar-refractivity contribution in [1.29, 1.82) is 0 Å². The molecule has 0 bridgehead atoms. The zero-order chi connectivity index (χ0) is 19.4. The Labute approximate surface area is 163 Å². The summed E-state index contributed by atoms with van der Waals surface area (Å²) in [5.74, 6) is 0.834. The van der Waals surface area contributed by atoms with E-state index in [1.165, 1.54) is 31.4 Å². The number of hydrogen-bond donors (Lipinski definition) is 1. The van der Waals surface area contributed by atoms with E-state index in [0.29, 0.717) is 27.3 Å². The number of rotatable bonds is 7. The van der Waals surface area contributed by atoms with Crippen LogP contribution in [0.25, 0.3) is 11.4 Å². The third-order valence-corrected chi connectivity index (χ3v) is 4.68. The Morgan fingerprint density at radius 2 is 2.15 bits per heavy atom. The molecule has 138 valence electrons. The van der Waals surface area contributed by atoms with Crippen molar-refractivity contribution < 1.29 is 14.5 Å². The number of hydrogen-bond acceptors (Lipinski definition) is 7. The van der Waals surface area contributed by atoms with Gasteiger partial charge in [0, 0.05) is 22.7 Å². The quantitative estimate of drug-likeness (QED) is 0.274. The molecule has 0 amide bonds. The van der Waals surface area contributed by atoms with Crippen molar-refractivity contribution in [2.24, 2.45) is 0 Å². The van der Waals surface area contributed by atoms with Crippen LogP contribution in [-0.2, 0) is 0 Å². The number of ketones is 1. The minimum atomic E-state index is -0.538. The minimum absolute atomic E-state index is 0.0468. The number of nitrogens with one attached hydrogen (secondary N) is 1. The van der Waals surface area contributed by atoms with Crippen LogP contribution in [-0.4, -0.2) is 38.8 Å². The number of non-ortho nitro benzene ring substituents is 1. The van der Waals surface area contributed by atoms with Gasteiger partial charge in [-0.2, -0.15) is 0 Å². The fourth-order valence-corrected chi connectivity index (χ4v) is 3.17. The average Bonchev–Trinajstić information content (AvgIpc) is 3.15. The number of carbonyl (C=O) groups excluding carboxylic acids is 1. The second-order valence-corrected chi connectivity index (χ2v) is 6.71. The number of H-pyrrole nitrogens is 1. The maximum Gasteiger partial charge on any atom is 0.270 e. The summed E-state index contributed by atoms with van der Waals surface area (Å²) in [6.45, 7) is 0. The monoisotopic (exact) mass is 404 g/mol. The fourth-order valence-electron chi connectivity index (χ4n) is 2.30. The van der Waals surface area contributed by atoms with Gasteiger partial charge in [0.15, 0.2) is 11.6 Å². The Morgan fingerprint density at radius 3 is 2.89 bits per heavy atom. The lowest BCUT2D eigenvalue weighted by Gasteiger charge is -2.05. The molecule has 2 aromatic carbocycles. The van der Waals surface area contributed by atoms with E-state index in [2.05, 4.69) is 15.2 Å². The third-order valence-electron chi connectivity index (χ3n) is 3.59. The maximum absolute atomic E-state index is 12.3. The second kappa shape index (κ2) is 8.19. The first-order valence-corrected chi connectivity index (χ1v) is 9.01. The molecule has 0 aliphatic heterocycles. The van der Waals surface area contributed by atoms with Crippen LogP contribution in [0.1, 0.15) is 10.4 Å². The van der Waals surface area contributed by atoms with Gasteiger partial charge in [0.25, 0.3) is 5.69 Å². The van der Waals surface area contributed by atoms with Crippen LogP contribution in [0, 0.1) is 10.1 Å². The number of thioether (sulfide) groups is 1. The zero-order valence-corrected chi connectivity index (χ0v) is 15.6. The number of carbonyl (C=O) groups is 1. The lowest BCUT2D eigenvalue weighted by atomic mass is 10.1. The van der Waals surface area contributed by atoms with Crippen LogP contribution >= 0.6 is 23.4 Å². The zero-order valence-electron chi connectivity index (χ0n) is 14.0. The molecule has 27 heavy (non-hydrogen) atoms. The highest BCUT2D eigenvalue weighted by atomic mass is 35.5. The van der Waals surface area contributed by atoms with Gasteiger partial charge >= 0.3 is 0 Å². The van der Waals surface area contributed by atoms with Gasteiger partial charge in [0.2, 0.25) is 5.16 Å². The Bertz CT molecular complexity index is 1010. The fraction of sp³-hybridized carbons (Fsp3) is 0.118. The topological polar surface area (TPSA) is 111 Å². The smallest absolute Gasteiger partial charge is 0.270 e. The summed E-state index contributed by atoms with van der Waals surface area (Å²) >= 11 is 7.14. The third kappa shape index (κ3) is 4.44. The summed E-state index contributed by atoms with van der Waals surface area (Å²) in [4.78, 5) is 26.9. The molecule has 1 aromatic heterocycles. The lowest BCUT2D eigenvalue weighted by Crippen LogP contribution is -2.03. The van der Waals surface area contributed by atoms with Gasteiger partial charge in [0.1, 0.15) is 5.75 Å². The van der Waals surface area contributed by atoms with E-state index in [1.54, 1.807) is 18.2 Å². The van der Waals surface area contributed by atoms with Crippen molar-refractivity contribution in [3.05, 3.63) is 63.2 Å². The Hall–Kier alpha value is -2.91. The number of aromatic amines is 1. The summed E-state index contributed by atoms with van der Waals surface area (Å²) < 4.78 is 5.29. The van der Waals surface area contributed by atoms with Gasteiger partial charge in [-0.1, -0.05) is 35.5 Å². The molecule has 8 nitrogen and oxygen atoms in total. The van der Waals surface area contributed by atoms with Crippen LogP contribution in [0.4, 0.5) is 5.69 Å². The van der Waals surface area contributed by atoms with Crippen LogP contribution in [0.2, 0.25) is 5.02 Å². The lowest BCUT2D eigenvalue weighted by molar-refractivity contribution is -0.384. The molecule has 3 aromatic rings. The van der Waals surface area contributed by atoms with Gasteiger partial charge in [-0.05, 0) is 18.2 Å². The van der Waals surface area contributed by atoms with Crippen LogP contribution in [0.5, 0.6) is 5.75 Å².